The third-order valence-electron chi connectivity index (χ3n) is 6.95. The van der Waals surface area contributed by atoms with Crippen molar-refractivity contribution >= 4 is 34.7 Å². The van der Waals surface area contributed by atoms with E-state index in [2.05, 4.69) is 15.8 Å². The lowest BCUT2D eigenvalue weighted by Gasteiger charge is -2.32. The topological polar surface area (TPSA) is 97.2 Å². The Morgan fingerprint density at radius 2 is 2.03 bits per heavy atom. The van der Waals surface area contributed by atoms with Gasteiger partial charge in [-0.05, 0) is 78.4 Å². The number of hydrogen-bond donors (Lipinski definition) is 2. The average Bonchev–Trinajstić information content (AvgIpc) is 3.61. The quantitative estimate of drug-likeness (QED) is 0.336. The van der Waals surface area contributed by atoms with Crippen LogP contribution in [0.25, 0.3) is 10.9 Å². The molecule has 8 nitrogen and oxygen atoms in total. The van der Waals surface area contributed by atoms with Gasteiger partial charge < -0.3 is 19.4 Å². The Bertz CT molecular complexity index is 1510. The third-order valence-corrected chi connectivity index (χ3v) is 7.93. The van der Waals surface area contributed by atoms with Crippen LogP contribution < -0.4 is 4.72 Å². The van der Waals surface area contributed by atoms with Crippen LogP contribution in [0, 0.1) is 11.3 Å². The molecule has 4 aromatic rings. The predicted octanol–water partition coefficient (Wildman–Crippen LogP) is 4.18. The summed E-state index contributed by atoms with van der Waals surface area (Å²) in [5.41, 5.74) is 4.43. The molecule has 0 spiro atoms. The highest BCUT2D eigenvalue weighted by Gasteiger charge is 2.28. The number of aromatic nitrogens is 2. The van der Waals surface area contributed by atoms with Crippen molar-refractivity contribution < 1.29 is 9.59 Å². The van der Waals surface area contributed by atoms with Crippen LogP contribution in [0.4, 0.5) is 0 Å². The number of H-pyrrole nitrogens is 1. The maximum atomic E-state index is 13.9. The van der Waals surface area contributed by atoms with E-state index in [1.807, 2.05) is 70.4 Å². The van der Waals surface area contributed by atoms with Crippen LogP contribution in [0.5, 0.6) is 0 Å². The van der Waals surface area contributed by atoms with E-state index in [-0.39, 0.29) is 11.8 Å². The highest BCUT2D eigenvalue weighted by Crippen LogP contribution is 2.27. The molecule has 2 amide bonds. The fourth-order valence-corrected chi connectivity index (χ4v) is 5.77. The summed E-state index contributed by atoms with van der Waals surface area (Å²) < 4.78 is 5.32. The van der Waals surface area contributed by atoms with Crippen LogP contribution in [0.2, 0.25) is 0 Å². The van der Waals surface area contributed by atoms with Crippen LogP contribution in [0.1, 0.15) is 33.6 Å². The summed E-state index contributed by atoms with van der Waals surface area (Å²) in [6, 6.07) is 19.2. The Hall–Kier alpha value is -4.00. The molecule has 0 fully saturated rings. The zero-order chi connectivity index (χ0) is 26.6. The van der Waals surface area contributed by atoms with Crippen molar-refractivity contribution in [3.8, 4) is 6.07 Å². The molecule has 3 heterocycles. The molecule has 1 aliphatic heterocycles. The molecular weight excluding hydrogens is 496 g/mol. The van der Waals surface area contributed by atoms with Crippen molar-refractivity contribution in [3.05, 3.63) is 89.4 Å². The molecule has 1 aliphatic rings. The molecule has 9 heteroatoms. The van der Waals surface area contributed by atoms with Gasteiger partial charge in [0.25, 0.3) is 5.91 Å². The fourth-order valence-electron chi connectivity index (χ4n) is 4.85. The summed E-state index contributed by atoms with van der Waals surface area (Å²) in [5.74, 6) is -0.0365. The van der Waals surface area contributed by atoms with Crippen molar-refractivity contribution in [1.29, 1.82) is 5.26 Å². The largest absolute Gasteiger partial charge is 0.361 e. The second-order valence-corrected chi connectivity index (χ2v) is 10.5. The number of nitrogens with zero attached hydrogens (tertiary/aromatic N) is 4. The molecule has 1 unspecified atom stereocenters. The summed E-state index contributed by atoms with van der Waals surface area (Å²) in [7, 11) is 3.48. The Morgan fingerprint density at radius 3 is 2.84 bits per heavy atom. The van der Waals surface area contributed by atoms with Gasteiger partial charge in [-0.15, -0.1) is 0 Å². The van der Waals surface area contributed by atoms with E-state index < -0.39 is 6.04 Å². The number of benzene rings is 2. The van der Waals surface area contributed by atoms with E-state index in [0.717, 1.165) is 27.8 Å². The smallest absolute Gasteiger partial charge is 0.253 e. The minimum absolute atomic E-state index is 0.0133. The minimum atomic E-state index is -0.462. The number of rotatable bonds is 8. The van der Waals surface area contributed by atoms with Gasteiger partial charge in [0.05, 0.1) is 6.04 Å². The van der Waals surface area contributed by atoms with E-state index in [1.165, 1.54) is 17.5 Å². The summed E-state index contributed by atoms with van der Waals surface area (Å²) in [4.78, 5) is 34.1. The highest BCUT2D eigenvalue weighted by atomic mass is 32.2. The van der Waals surface area contributed by atoms with Crippen molar-refractivity contribution in [2.24, 2.45) is 0 Å². The number of fused-ring (bicyclic) bond motifs is 2. The standard InChI is InChI=1S/C29H30N6O2S/c1-33(2)28(36)21-9-8-20-11-15-35(19-22(20)17-21)29(37)26(12-16-34-14-4-5-23(34)18-30)32-38-27-7-3-6-25-24(27)10-13-31-25/h3-10,13-14,17,26,31-32H,11-12,15-16,19H2,1-2H3. The predicted molar refractivity (Wildman–Crippen MR) is 148 cm³/mol. The normalized spacial score (nSPS) is 13.7. The number of nitriles is 1. The first kappa shape index (κ1) is 25.6. The molecule has 1 atom stereocenters. The van der Waals surface area contributed by atoms with Gasteiger partial charge in [-0.1, -0.05) is 12.1 Å². The van der Waals surface area contributed by atoms with Crippen LogP contribution >= 0.6 is 11.9 Å². The van der Waals surface area contributed by atoms with Crippen molar-refractivity contribution in [1.82, 2.24) is 24.1 Å². The molecule has 2 aromatic heterocycles. The second-order valence-electron chi connectivity index (χ2n) is 9.65. The first-order chi connectivity index (χ1) is 18.4. The minimum Gasteiger partial charge on any atom is -0.361 e. The van der Waals surface area contributed by atoms with Crippen molar-refractivity contribution in [3.63, 3.8) is 0 Å². The van der Waals surface area contributed by atoms with E-state index in [1.54, 1.807) is 25.1 Å². The van der Waals surface area contributed by atoms with E-state index in [9.17, 15) is 14.9 Å². The molecule has 2 N–H and O–H groups in total. The van der Waals surface area contributed by atoms with Gasteiger partial charge in [-0.3, -0.25) is 9.59 Å². The lowest BCUT2D eigenvalue weighted by molar-refractivity contribution is -0.134. The highest BCUT2D eigenvalue weighted by molar-refractivity contribution is 7.97. The van der Waals surface area contributed by atoms with Crippen LogP contribution in [-0.2, 0) is 24.3 Å². The van der Waals surface area contributed by atoms with Gasteiger partial charge in [0.1, 0.15) is 11.8 Å². The first-order valence-electron chi connectivity index (χ1n) is 12.6. The lowest BCUT2D eigenvalue weighted by Crippen LogP contribution is -2.46. The molecule has 38 heavy (non-hydrogen) atoms. The van der Waals surface area contributed by atoms with Crippen molar-refractivity contribution in [2.45, 2.75) is 36.9 Å². The number of carbonyl (C=O) groups excluding carboxylic acids is 2. The van der Waals surface area contributed by atoms with Gasteiger partial charge in [0.15, 0.2) is 0 Å². The molecule has 0 aliphatic carbocycles. The first-order valence-corrected chi connectivity index (χ1v) is 13.4. The van der Waals surface area contributed by atoms with Crippen LogP contribution in [0.3, 0.4) is 0 Å². The zero-order valence-corrected chi connectivity index (χ0v) is 22.3. The summed E-state index contributed by atoms with van der Waals surface area (Å²) in [6.07, 6.45) is 5.05. The zero-order valence-electron chi connectivity index (χ0n) is 21.5. The Morgan fingerprint density at radius 1 is 1.16 bits per heavy atom. The van der Waals surface area contributed by atoms with Crippen LogP contribution in [-0.4, -0.2) is 57.8 Å². The van der Waals surface area contributed by atoms with Gasteiger partial charge in [0, 0.05) is 67.5 Å². The van der Waals surface area contributed by atoms with E-state index in [0.29, 0.717) is 37.3 Å². The average molecular weight is 527 g/mol. The molecule has 5 rings (SSSR count). The summed E-state index contributed by atoms with van der Waals surface area (Å²) in [5, 5.41) is 10.5. The third kappa shape index (κ3) is 5.32. The fraction of sp³-hybridized carbons (Fsp3) is 0.276. The van der Waals surface area contributed by atoms with Gasteiger partial charge in [-0.25, -0.2) is 4.72 Å². The molecule has 2 aromatic carbocycles. The number of hydrogen-bond acceptors (Lipinski definition) is 5. The summed E-state index contributed by atoms with van der Waals surface area (Å²) in [6.45, 7) is 1.63. The number of aromatic amines is 1. The Balaban J connectivity index is 1.35. The maximum absolute atomic E-state index is 13.9. The Kier molecular flexibility index (Phi) is 7.54. The lowest BCUT2D eigenvalue weighted by atomic mass is 9.96. The maximum Gasteiger partial charge on any atom is 0.253 e. The summed E-state index contributed by atoms with van der Waals surface area (Å²) >= 11 is 1.46. The van der Waals surface area contributed by atoms with Crippen molar-refractivity contribution in [2.75, 3.05) is 20.6 Å². The number of nitrogens with one attached hydrogen (secondary N) is 2. The molecule has 0 bridgehead atoms. The number of amides is 2. The van der Waals surface area contributed by atoms with E-state index in [4.69, 9.17) is 0 Å². The SMILES string of the molecule is CN(C)C(=O)c1ccc2c(c1)CN(C(=O)C(CCn1cccc1C#N)NSc1cccc3[nH]ccc13)CC2. The van der Waals surface area contributed by atoms with Gasteiger partial charge in [0.2, 0.25) is 5.91 Å². The molecule has 0 saturated heterocycles. The molecule has 0 saturated carbocycles. The number of carbonyl (C=O) groups is 2. The van der Waals surface area contributed by atoms with Gasteiger partial charge >= 0.3 is 0 Å². The molecular formula is C29H30N6O2S. The van der Waals surface area contributed by atoms with E-state index >= 15 is 0 Å². The molecule has 194 valence electrons. The van der Waals surface area contributed by atoms with Gasteiger partial charge in [-0.2, -0.15) is 5.26 Å². The van der Waals surface area contributed by atoms with Crippen LogP contribution in [0.15, 0.2) is 71.9 Å². The number of aryl methyl sites for hydroxylation is 1. The molecule has 0 radical (unpaired) electrons. The Labute approximate surface area is 226 Å². The monoisotopic (exact) mass is 526 g/mol. The second kappa shape index (κ2) is 11.2.